The van der Waals surface area contributed by atoms with Crippen molar-refractivity contribution in [1.29, 1.82) is 0 Å². The zero-order valence-electron chi connectivity index (χ0n) is 11.3. The molecule has 0 atom stereocenters. The molecule has 0 saturated carbocycles. The molecule has 0 fully saturated rings. The zero-order valence-corrected chi connectivity index (χ0v) is 12.1. The SMILES string of the molecule is CCc1cc2c(Nc3cccc(C(=O)O)c3)ncnc2s1. The fraction of sp³-hybridized carbons (Fsp3) is 0.133. The number of carboxylic acids is 1. The van der Waals surface area contributed by atoms with Crippen molar-refractivity contribution in [1.82, 2.24) is 9.97 Å². The molecule has 3 aromatic rings. The molecule has 0 radical (unpaired) electrons. The largest absolute Gasteiger partial charge is 0.478 e. The second-order valence-electron chi connectivity index (χ2n) is 4.52. The number of nitrogens with zero attached hydrogens (tertiary/aromatic N) is 2. The predicted octanol–water partition coefficient (Wildman–Crippen LogP) is 3.70. The molecule has 2 N–H and O–H groups in total. The van der Waals surface area contributed by atoms with Crippen LogP contribution in [0.25, 0.3) is 10.2 Å². The normalized spacial score (nSPS) is 10.7. The second kappa shape index (κ2) is 5.49. The lowest BCUT2D eigenvalue weighted by Gasteiger charge is -2.07. The molecular weight excluding hydrogens is 286 g/mol. The van der Waals surface area contributed by atoms with Gasteiger partial charge in [0, 0.05) is 10.6 Å². The second-order valence-corrected chi connectivity index (χ2v) is 5.63. The van der Waals surface area contributed by atoms with Gasteiger partial charge in [-0.1, -0.05) is 13.0 Å². The van der Waals surface area contributed by atoms with Gasteiger partial charge in [0.2, 0.25) is 0 Å². The maximum absolute atomic E-state index is 11.0. The van der Waals surface area contributed by atoms with Crippen molar-refractivity contribution >= 4 is 39.0 Å². The number of hydrogen-bond donors (Lipinski definition) is 2. The van der Waals surface area contributed by atoms with E-state index >= 15 is 0 Å². The van der Waals surface area contributed by atoms with E-state index in [1.54, 1.807) is 29.5 Å². The van der Waals surface area contributed by atoms with Crippen LogP contribution in [0.2, 0.25) is 0 Å². The lowest BCUT2D eigenvalue weighted by molar-refractivity contribution is 0.0697. The van der Waals surface area contributed by atoms with E-state index in [9.17, 15) is 4.79 Å². The number of hydrogen-bond acceptors (Lipinski definition) is 5. The predicted molar refractivity (Wildman–Crippen MR) is 83.5 cm³/mol. The van der Waals surface area contributed by atoms with Gasteiger partial charge in [-0.25, -0.2) is 14.8 Å². The molecular formula is C15H13N3O2S. The van der Waals surface area contributed by atoms with Gasteiger partial charge in [0.05, 0.1) is 10.9 Å². The summed E-state index contributed by atoms with van der Waals surface area (Å²) in [7, 11) is 0. The minimum atomic E-state index is -0.949. The first-order valence-corrected chi connectivity index (χ1v) is 7.33. The Morgan fingerprint density at radius 2 is 2.19 bits per heavy atom. The van der Waals surface area contributed by atoms with Crippen LogP contribution in [0.5, 0.6) is 0 Å². The van der Waals surface area contributed by atoms with E-state index in [2.05, 4.69) is 28.3 Å². The molecule has 1 aromatic carbocycles. The van der Waals surface area contributed by atoms with Crippen LogP contribution in [0, 0.1) is 0 Å². The molecule has 5 nitrogen and oxygen atoms in total. The van der Waals surface area contributed by atoms with Crippen LogP contribution >= 0.6 is 11.3 Å². The Morgan fingerprint density at radius 3 is 2.95 bits per heavy atom. The summed E-state index contributed by atoms with van der Waals surface area (Å²) in [5.74, 6) is -0.256. The summed E-state index contributed by atoms with van der Waals surface area (Å²) in [5.41, 5.74) is 0.934. The summed E-state index contributed by atoms with van der Waals surface area (Å²) in [5, 5.41) is 13.2. The van der Waals surface area contributed by atoms with Crippen molar-refractivity contribution in [2.24, 2.45) is 0 Å². The molecule has 0 aliphatic rings. The number of aromatic nitrogens is 2. The molecule has 0 bridgehead atoms. The number of nitrogens with one attached hydrogen (secondary N) is 1. The molecule has 21 heavy (non-hydrogen) atoms. The Hall–Kier alpha value is -2.47. The highest BCUT2D eigenvalue weighted by Crippen LogP contribution is 2.30. The summed E-state index contributed by atoms with van der Waals surface area (Å²) in [4.78, 5) is 21.7. The Labute approximate surface area is 125 Å². The molecule has 0 saturated heterocycles. The molecule has 2 heterocycles. The summed E-state index contributed by atoms with van der Waals surface area (Å²) in [6.45, 7) is 2.10. The molecule has 0 unspecified atom stereocenters. The lowest BCUT2D eigenvalue weighted by Crippen LogP contribution is -1.99. The first-order chi connectivity index (χ1) is 10.2. The lowest BCUT2D eigenvalue weighted by atomic mass is 10.2. The van der Waals surface area contributed by atoms with E-state index in [0.717, 1.165) is 16.6 Å². The van der Waals surface area contributed by atoms with E-state index in [-0.39, 0.29) is 5.56 Å². The number of carbonyl (C=O) groups is 1. The molecule has 0 spiro atoms. The van der Waals surface area contributed by atoms with Crippen molar-refractivity contribution in [2.45, 2.75) is 13.3 Å². The number of aromatic carboxylic acids is 1. The van der Waals surface area contributed by atoms with Crippen LogP contribution in [0.4, 0.5) is 11.5 Å². The van der Waals surface area contributed by atoms with Crippen LogP contribution < -0.4 is 5.32 Å². The number of carboxylic acid groups (broad SMARTS) is 1. The van der Waals surface area contributed by atoms with E-state index < -0.39 is 5.97 Å². The van der Waals surface area contributed by atoms with E-state index in [0.29, 0.717) is 11.5 Å². The van der Waals surface area contributed by atoms with Crippen molar-refractivity contribution in [3.63, 3.8) is 0 Å². The smallest absolute Gasteiger partial charge is 0.335 e. The Bertz CT molecular complexity index is 814. The molecule has 0 aliphatic heterocycles. The summed E-state index contributed by atoms with van der Waals surface area (Å²) < 4.78 is 0. The van der Waals surface area contributed by atoms with Gasteiger partial charge in [-0.05, 0) is 30.7 Å². The quantitative estimate of drug-likeness (QED) is 0.768. The number of thiophene rings is 1. The maximum atomic E-state index is 11.0. The maximum Gasteiger partial charge on any atom is 0.335 e. The highest BCUT2D eigenvalue weighted by molar-refractivity contribution is 7.18. The average Bonchev–Trinajstić information content (AvgIpc) is 2.92. The summed E-state index contributed by atoms with van der Waals surface area (Å²) in [6, 6.07) is 8.73. The monoisotopic (exact) mass is 299 g/mol. The number of aryl methyl sites for hydroxylation is 1. The number of fused-ring (bicyclic) bond motifs is 1. The van der Waals surface area contributed by atoms with Gasteiger partial charge in [0.25, 0.3) is 0 Å². The van der Waals surface area contributed by atoms with Gasteiger partial charge in [-0.3, -0.25) is 0 Å². The number of rotatable bonds is 4. The Morgan fingerprint density at radius 1 is 1.33 bits per heavy atom. The molecule has 0 aliphatic carbocycles. The minimum Gasteiger partial charge on any atom is -0.478 e. The Balaban J connectivity index is 1.99. The molecule has 3 rings (SSSR count). The molecule has 106 valence electrons. The molecule has 6 heteroatoms. The summed E-state index contributed by atoms with van der Waals surface area (Å²) >= 11 is 1.64. The molecule has 0 amide bonds. The van der Waals surface area contributed by atoms with Crippen molar-refractivity contribution in [3.05, 3.63) is 47.1 Å². The van der Waals surface area contributed by atoms with Crippen LogP contribution in [0.3, 0.4) is 0 Å². The van der Waals surface area contributed by atoms with Crippen LogP contribution in [-0.4, -0.2) is 21.0 Å². The van der Waals surface area contributed by atoms with Gasteiger partial charge >= 0.3 is 5.97 Å². The van der Waals surface area contributed by atoms with Gasteiger partial charge in [-0.15, -0.1) is 11.3 Å². The number of benzene rings is 1. The third kappa shape index (κ3) is 2.71. The minimum absolute atomic E-state index is 0.241. The molecule has 2 aromatic heterocycles. The first-order valence-electron chi connectivity index (χ1n) is 6.51. The number of anilines is 2. The average molecular weight is 299 g/mol. The third-order valence-electron chi connectivity index (χ3n) is 3.10. The fourth-order valence-corrected chi connectivity index (χ4v) is 2.98. The first kappa shape index (κ1) is 13.5. The topological polar surface area (TPSA) is 75.1 Å². The van der Waals surface area contributed by atoms with Gasteiger partial charge in [0.15, 0.2) is 0 Å². The van der Waals surface area contributed by atoms with Crippen LogP contribution in [0.15, 0.2) is 36.7 Å². The zero-order chi connectivity index (χ0) is 14.8. The van der Waals surface area contributed by atoms with Gasteiger partial charge in [0.1, 0.15) is 17.0 Å². The highest BCUT2D eigenvalue weighted by Gasteiger charge is 2.09. The van der Waals surface area contributed by atoms with Crippen LogP contribution in [-0.2, 0) is 6.42 Å². The van der Waals surface area contributed by atoms with E-state index in [4.69, 9.17) is 5.11 Å². The van der Waals surface area contributed by atoms with E-state index in [1.807, 2.05) is 6.07 Å². The van der Waals surface area contributed by atoms with E-state index in [1.165, 1.54) is 11.2 Å². The van der Waals surface area contributed by atoms with Crippen LogP contribution in [0.1, 0.15) is 22.2 Å². The standard InChI is InChI=1S/C15H13N3O2S/c1-2-11-7-12-13(16-8-17-14(12)21-11)18-10-5-3-4-9(6-10)15(19)20/h3-8H,2H2,1H3,(H,19,20)(H,16,17,18). The van der Waals surface area contributed by atoms with Gasteiger partial charge in [-0.2, -0.15) is 0 Å². The van der Waals surface area contributed by atoms with Crippen molar-refractivity contribution in [3.8, 4) is 0 Å². The Kier molecular flexibility index (Phi) is 3.53. The van der Waals surface area contributed by atoms with Crippen molar-refractivity contribution in [2.75, 3.05) is 5.32 Å². The summed E-state index contributed by atoms with van der Waals surface area (Å²) in [6.07, 6.45) is 2.47. The fourth-order valence-electron chi connectivity index (χ4n) is 2.05. The highest BCUT2D eigenvalue weighted by atomic mass is 32.1. The third-order valence-corrected chi connectivity index (χ3v) is 4.29. The van der Waals surface area contributed by atoms with Gasteiger partial charge < -0.3 is 10.4 Å². The van der Waals surface area contributed by atoms with Crippen molar-refractivity contribution < 1.29 is 9.90 Å².